The van der Waals surface area contributed by atoms with Crippen LogP contribution in [0.3, 0.4) is 0 Å². The summed E-state index contributed by atoms with van der Waals surface area (Å²) in [6.45, 7) is 8.90. The van der Waals surface area contributed by atoms with Gasteiger partial charge in [-0.1, -0.05) is 30.7 Å². The van der Waals surface area contributed by atoms with Gasteiger partial charge in [0.1, 0.15) is 24.4 Å². The molecule has 44 heavy (non-hydrogen) atoms. The lowest BCUT2D eigenvalue weighted by atomic mass is 9.51. The van der Waals surface area contributed by atoms with E-state index in [2.05, 4.69) is 19.9 Å². The molecule has 6 rings (SSSR count). The van der Waals surface area contributed by atoms with E-state index in [-0.39, 0.29) is 31.8 Å². The Hall–Kier alpha value is -3.28. The van der Waals surface area contributed by atoms with Crippen LogP contribution in [0.1, 0.15) is 60.3 Å². The average molecular weight is 613 g/mol. The SMILES string of the molecule is CC(=O)OC(C)C12/C=C/C=C\C(=O)O[C@@H]3C[C@H]4O[C@@H]5C=C(C)CC[C@]5(COC(=O)/C=C(\CCO1)C2OC(C)=O)[C@]3(C)C41CO1. The maximum absolute atomic E-state index is 13.6. The molecule has 9 atom stereocenters. The molecule has 3 saturated heterocycles. The van der Waals surface area contributed by atoms with Gasteiger partial charge >= 0.3 is 23.9 Å². The number of hydrogen-bond acceptors (Lipinski definition) is 11. The van der Waals surface area contributed by atoms with Crippen LogP contribution in [0.4, 0.5) is 0 Å². The minimum absolute atomic E-state index is 0.00586. The van der Waals surface area contributed by atoms with E-state index in [1.54, 1.807) is 19.1 Å². The number of cyclic esters (lactones) is 1. The van der Waals surface area contributed by atoms with Gasteiger partial charge in [0.25, 0.3) is 0 Å². The Bertz CT molecular complexity index is 1370. The molecule has 6 aliphatic rings. The van der Waals surface area contributed by atoms with Gasteiger partial charge in [-0.15, -0.1) is 0 Å². The summed E-state index contributed by atoms with van der Waals surface area (Å²) in [5, 5.41) is 0. The van der Waals surface area contributed by atoms with Crippen molar-refractivity contribution < 1.29 is 52.3 Å². The highest BCUT2D eigenvalue weighted by molar-refractivity contribution is 5.84. The van der Waals surface area contributed by atoms with Crippen molar-refractivity contribution in [3.05, 3.63) is 47.6 Å². The third-order valence-electron chi connectivity index (χ3n) is 10.7. The Kier molecular flexibility index (Phi) is 7.65. The van der Waals surface area contributed by atoms with Gasteiger partial charge in [0.2, 0.25) is 0 Å². The second kappa shape index (κ2) is 11.0. The highest BCUT2D eigenvalue weighted by Gasteiger charge is 2.83. The van der Waals surface area contributed by atoms with Gasteiger partial charge in [0.15, 0.2) is 11.7 Å². The van der Waals surface area contributed by atoms with Gasteiger partial charge in [-0.05, 0) is 44.8 Å². The molecule has 1 saturated carbocycles. The number of ether oxygens (including phenoxy) is 7. The molecule has 0 aromatic carbocycles. The Labute approximate surface area is 256 Å². The van der Waals surface area contributed by atoms with Crippen molar-refractivity contribution in [2.45, 2.75) is 102 Å². The zero-order chi connectivity index (χ0) is 31.5. The van der Waals surface area contributed by atoms with E-state index in [0.717, 1.165) is 6.42 Å². The van der Waals surface area contributed by atoms with E-state index < -0.39 is 64.2 Å². The number of allylic oxidation sites excluding steroid dienone is 3. The third kappa shape index (κ3) is 4.66. The van der Waals surface area contributed by atoms with Crippen LogP contribution < -0.4 is 0 Å². The first-order valence-corrected chi connectivity index (χ1v) is 15.3. The van der Waals surface area contributed by atoms with E-state index in [0.29, 0.717) is 25.0 Å². The van der Waals surface area contributed by atoms with Crippen LogP contribution in [-0.2, 0) is 52.3 Å². The van der Waals surface area contributed by atoms with Gasteiger partial charge in [0, 0.05) is 37.8 Å². The second-order valence-electron chi connectivity index (χ2n) is 13.0. The fraction of sp³-hybridized carbons (Fsp3) is 0.636. The molecule has 0 aromatic heterocycles. The Morgan fingerprint density at radius 1 is 1.02 bits per heavy atom. The molecule has 0 amide bonds. The summed E-state index contributed by atoms with van der Waals surface area (Å²) in [6.07, 6.45) is 8.33. The summed E-state index contributed by atoms with van der Waals surface area (Å²) in [4.78, 5) is 51.2. The molecule has 0 radical (unpaired) electrons. The fourth-order valence-electron chi connectivity index (χ4n) is 8.31. The standard InChI is InChI=1S/C33H40O11/c1-19-9-12-31-17-38-28(37)15-23-10-13-39-32(20(2)41-21(3)34,29(23)42-22(4)35)11-7-6-8-27(36)44-24-16-26(43-25(31)14-19)33(18-40-33)30(24,31)5/h6-8,11,14-15,20,24-26,29H,9-10,12-13,16-18H2,1-5H3/b8-6-,11-7+,23-15+/t20?,24-,25-,26-,29?,30-,31-,32?,33?/m1/s1. The monoisotopic (exact) mass is 612 g/mol. The topological polar surface area (TPSA) is 136 Å². The largest absolute Gasteiger partial charge is 0.462 e. The van der Waals surface area contributed by atoms with Crippen molar-refractivity contribution >= 4 is 23.9 Å². The molecular weight excluding hydrogens is 572 g/mol. The smallest absolute Gasteiger partial charge is 0.331 e. The molecule has 0 aromatic rings. The maximum Gasteiger partial charge on any atom is 0.331 e. The van der Waals surface area contributed by atoms with Crippen LogP contribution in [0.2, 0.25) is 0 Å². The Balaban J connectivity index is 1.45. The molecule has 0 N–H and O–H groups in total. The molecule has 2 aliphatic carbocycles. The van der Waals surface area contributed by atoms with Crippen LogP contribution in [0.15, 0.2) is 47.6 Å². The summed E-state index contributed by atoms with van der Waals surface area (Å²) >= 11 is 0. The Morgan fingerprint density at radius 2 is 1.80 bits per heavy atom. The number of carbonyl (C=O) groups is 4. The van der Waals surface area contributed by atoms with E-state index in [9.17, 15) is 19.2 Å². The van der Waals surface area contributed by atoms with Gasteiger partial charge in [0.05, 0.1) is 30.8 Å². The lowest BCUT2D eigenvalue weighted by Gasteiger charge is -2.58. The number of esters is 4. The number of epoxide rings is 1. The Morgan fingerprint density at radius 3 is 2.50 bits per heavy atom. The predicted octanol–water partition coefficient (Wildman–Crippen LogP) is 3.21. The number of rotatable bonds is 3. The van der Waals surface area contributed by atoms with Crippen LogP contribution >= 0.6 is 0 Å². The van der Waals surface area contributed by atoms with Crippen molar-refractivity contribution in [2.24, 2.45) is 10.8 Å². The minimum Gasteiger partial charge on any atom is -0.462 e. The summed E-state index contributed by atoms with van der Waals surface area (Å²) in [7, 11) is 0. The van der Waals surface area contributed by atoms with Crippen LogP contribution in [0, 0.1) is 10.8 Å². The van der Waals surface area contributed by atoms with Crippen molar-refractivity contribution in [3.63, 3.8) is 0 Å². The highest BCUT2D eigenvalue weighted by Crippen LogP contribution is 2.72. The zero-order valence-electron chi connectivity index (χ0n) is 25.8. The normalized spacial score (nSPS) is 44.5. The van der Waals surface area contributed by atoms with E-state index in [1.165, 1.54) is 37.6 Å². The summed E-state index contributed by atoms with van der Waals surface area (Å²) < 4.78 is 42.5. The number of carbonyl (C=O) groups excluding carboxylic acids is 4. The van der Waals surface area contributed by atoms with Crippen molar-refractivity contribution in [2.75, 3.05) is 19.8 Å². The fourth-order valence-corrected chi connectivity index (χ4v) is 8.31. The highest BCUT2D eigenvalue weighted by atomic mass is 16.6. The predicted molar refractivity (Wildman–Crippen MR) is 153 cm³/mol. The average Bonchev–Trinajstić information content (AvgIpc) is 3.73. The first-order valence-electron chi connectivity index (χ1n) is 15.3. The lowest BCUT2D eigenvalue weighted by molar-refractivity contribution is -0.232. The summed E-state index contributed by atoms with van der Waals surface area (Å²) in [6, 6.07) is 0. The van der Waals surface area contributed by atoms with Gasteiger partial charge in [-0.3, -0.25) is 9.59 Å². The van der Waals surface area contributed by atoms with E-state index in [4.69, 9.17) is 33.2 Å². The van der Waals surface area contributed by atoms with Crippen LogP contribution in [-0.4, -0.2) is 85.4 Å². The third-order valence-corrected chi connectivity index (χ3v) is 10.7. The minimum atomic E-state index is -1.49. The van der Waals surface area contributed by atoms with Gasteiger partial charge < -0.3 is 33.2 Å². The molecule has 4 fully saturated rings. The zero-order valence-corrected chi connectivity index (χ0v) is 25.8. The summed E-state index contributed by atoms with van der Waals surface area (Å²) in [5.41, 5.74) is -1.91. The van der Waals surface area contributed by atoms with Gasteiger partial charge in [-0.2, -0.15) is 0 Å². The molecular formula is C33H40O11. The second-order valence-corrected chi connectivity index (χ2v) is 13.0. The lowest BCUT2D eigenvalue weighted by Crippen LogP contribution is -2.66. The molecule has 4 heterocycles. The molecule has 4 bridgehead atoms. The number of hydrogen-bond donors (Lipinski definition) is 0. The number of fused-ring (bicyclic) bond motifs is 2. The van der Waals surface area contributed by atoms with Gasteiger partial charge in [-0.25, -0.2) is 9.59 Å². The first kappa shape index (κ1) is 30.7. The van der Waals surface area contributed by atoms with Crippen molar-refractivity contribution in [3.8, 4) is 0 Å². The molecule has 4 unspecified atom stereocenters. The van der Waals surface area contributed by atoms with Crippen molar-refractivity contribution in [1.29, 1.82) is 0 Å². The molecule has 238 valence electrons. The van der Waals surface area contributed by atoms with E-state index in [1.807, 2.05) is 0 Å². The molecule has 11 nitrogen and oxygen atoms in total. The summed E-state index contributed by atoms with van der Waals surface area (Å²) in [5.74, 6) is -2.35. The molecule has 4 aliphatic heterocycles. The van der Waals surface area contributed by atoms with Crippen molar-refractivity contribution in [1.82, 2.24) is 0 Å². The van der Waals surface area contributed by atoms with Crippen LogP contribution in [0.5, 0.6) is 0 Å². The van der Waals surface area contributed by atoms with E-state index >= 15 is 0 Å². The quantitative estimate of drug-likeness (QED) is 0.201. The van der Waals surface area contributed by atoms with Crippen LogP contribution in [0.25, 0.3) is 0 Å². The first-order chi connectivity index (χ1) is 20.9. The molecule has 2 spiro atoms. The maximum atomic E-state index is 13.6. The molecule has 11 heteroatoms.